The number of pyridine rings is 1. The number of methoxy groups -OCH3 is 1. The minimum Gasteiger partial charge on any atom is -0.493 e. The van der Waals surface area contributed by atoms with Crippen molar-refractivity contribution in [2.24, 2.45) is 5.92 Å². The van der Waals surface area contributed by atoms with Crippen LogP contribution in [0, 0.1) is 17.6 Å². The van der Waals surface area contributed by atoms with Crippen LogP contribution in [0.25, 0.3) is 32.1 Å². The number of carbonyl (C=O) groups is 1. The van der Waals surface area contributed by atoms with E-state index in [0.29, 0.717) is 64.8 Å². The third kappa shape index (κ3) is 4.44. The Morgan fingerprint density at radius 1 is 1.08 bits per heavy atom. The standard InChI is InChI=1S/C37H29F2N7O4S/c1-49-30-21-8-11-24(20(21)7-9-23(30)39)43-32-22-12-26(51-34(22)41-16-40-32)28-27(33-44-45-36(48)50-33)25(10-4-17-2-5-19(38)6-3-17)42-31-29(28)35(47)46-15-18-13-37(31,46)14-18/h2-3,5-7,9,12,16,18,24H,4,8,10-11,13-15H2,1H3,(H,45,48)(H,40,41,43)/t18?,24-,37?/m0/s1. The monoisotopic (exact) mass is 705 g/mol. The molecule has 4 aromatic heterocycles. The number of nitrogens with one attached hydrogen (secondary N) is 2. The molecule has 2 aliphatic carbocycles. The van der Waals surface area contributed by atoms with Crippen molar-refractivity contribution in [2.75, 3.05) is 19.0 Å². The molecule has 5 aliphatic rings. The average molecular weight is 706 g/mol. The molecule has 0 radical (unpaired) electrons. The van der Waals surface area contributed by atoms with Crippen LogP contribution in [-0.2, 0) is 24.8 Å². The minimum absolute atomic E-state index is 0.0360. The highest BCUT2D eigenvalue weighted by Gasteiger charge is 2.65. The number of hydrogen-bond acceptors (Lipinski definition) is 10. The van der Waals surface area contributed by atoms with Crippen LogP contribution in [0.3, 0.4) is 0 Å². The van der Waals surface area contributed by atoms with Gasteiger partial charge in [0.15, 0.2) is 11.6 Å². The number of thiophene rings is 1. The van der Waals surface area contributed by atoms with Crippen molar-refractivity contribution in [1.82, 2.24) is 30.0 Å². The molecular weight excluding hydrogens is 677 g/mol. The summed E-state index contributed by atoms with van der Waals surface area (Å²) in [6, 6.07) is 11.4. The van der Waals surface area contributed by atoms with Gasteiger partial charge < -0.3 is 19.4 Å². The normalized spacial score (nSPS) is 21.2. The number of amides is 1. The first kappa shape index (κ1) is 30.3. The molecule has 1 atom stereocenters. The van der Waals surface area contributed by atoms with Gasteiger partial charge >= 0.3 is 5.76 Å². The van der Waals surface area contributed by atoms with Crippen LogP contribution in [0.2, 0.25) is 0 Å². The fourth-order valence-electron chi connectivity index (χ4n) is 8.77. The second-order valence-electron chi connectivity index (χ2n) is 13.7. The molecule has 6 aromatic rings. The Hall–Kier alpha value is -5.50. The van der Waals surface area contributed by atoms with Crippen molar-refractivity contribution in [3.63, 3.8) is 0 Å². The maximum absolute atomic E-state index is 14.5. The number of fused-ring (bicyclic) bond motifs is 3. The van der Waals surface area contributed by atoms with Gasteiger partial charge in [-0.05, 0) is 79.8 Å². The highest BCUT2D eigenvalue weighted by atomic mass is 32.1. The zero-order valence-corrected chi connectivity index (χ0v) is 28.1. The van der Waals surface area contributed by atoms with E-state index >= 15 is 0 Å². The van der Waals surface area contributed by atoms with E-state index in [-0.39, 0.29) is 35.2 Å². The van der Waals surface area contributed by atoms with Gasteiger partial charge in [-0.25, -0.2) is 28.6 Å². The van der Waals surface area contributed by atoms with E-state index in [1.54, 1.807) is 18.2 Å². The van der Waals surface area contributed by atoms with Gasteiger partial charge in [-0.15, -0.1) is 16.4 Å². The summed E-state index contributed by atoms with van der Waals surface area (Å²) in [5.74, 6) is -0.172. The van der Waals surface area contributed by atoms with Crippen molar-refractivity contribution in [1.29, 1.82) is 0 Å². The quantitative estimate of drug-likeness (QED) is 0.186. The Bertz CT molecular complexity index is 2490. The van der Waals surface area contributed by atoms with Gasteiger partial charge in [0.1, 0.15) is 22.8 Å². The fraction of sp³-hybridized carbons (Fsp3) is 0.297. The summed E-state index contributed by atoms with van der Waals surface area (Å²) < 4.78 is 39.2. The predicted octanol–water partition coefficient (Wildman–Crippen LogP) is 6.34. The number of H-pyrrole nitrogens is 1. The van der Waals surface area contributed by atoms with Gasteiger partial charge in [0.25, 0.3) is 11.8 Å². The first-order valence-corrected chi connectivity index (χ1v) is 17.7. The molecule has 51 heavy (non-hydrogen) atoms. The third-order valence-corrected chi connectivity index (χ3v) is 12.1. The zero-order chi connectivity index (χ0) is 34.6. The van der Waals surface area contributed by atoms with Crippen LogP contribution in [-0.4, -0.2) is 49.6 Å². The van der Waals surface area contributed by atoms with E-state index in [2.05, 4.69) is 25.5 Å². The van der Waals surface area contributed by atoms with Crippen LogP contribution < -0.4 is 15.8 Å². The highest BCUT2D eigenvalue weighted by Crippen LogP contribution is 2.63. The molecule has 2 saturated heterocycles. The lowest BCUT2D eigenvalue weighted by molar-refractivity contribution is 0.0637. The molecule has 1 amide bonds. The largest absolute Gasteiger partial charge is 0.493 e. The summed E-state index contributed by atoms with van der Waals surface area (Å²) >= 11 is 1.41. The molecule has 2 aromatic carbocycles. The topological polar surface area (TPSA) is 139 Å². The van der Waals surface area contributed by atoms with E-state index < -0.39 is 11.3 Å². The molecule has 1 spiro atoms. The molecule has 11 nitrogen and oxygen atoms in total. The van der Waals surface area contributed by atoms with Crippen LogP contribution in [0.15, 0.2) is 58.0 Å². The van der Waals surface area contributed by atoms with Crippen molar-refractivity contribution >= 4 is 33.3 Å². The molecular formula is C37H29F2N7O4S. The van der Waals surface area contributed by atoms with E-state index in [1.165, 1.54) is 43.0 Å². The maximum Gasteiger partial charge on any atom is 0.434 e. The number of aromatic amines is 1. The SMILES string of the molecule is COc1c(F)ccc2c1CC[C@@H]2Nc1ncnc2sc(-c3c4c(nc(CCc5ccc(F)cc5)c3-c3n[nH]c(=O)o3)C35CC(CN3C4=O)C5)cc12. The van der Waals surface area contributed by atoms with E-state index in [4.69, 9.17) is 14.1 Å². The van der Waals surface area contributed by atoms with Crippen molar-refractivity contribution < 1.29 is 22.7 Å². The van der Waals surface area contributed by atoms with E-state index in [9.17, 15) is 18.4 Å². The highest BCUT2D eigenvalue weighted by molar-refractivity contribution is 7.22. The van der Waals surface area contributed by atoms with Gasteiger partial charge in [0.05, 0.1) is 46.6 Å². The lowest BCUT2D eigenvalue weighted by atomic mass is 9.71. The predicted molar refractivity (Wildman–Crippen MR) is 184 cm³/mol. The molecule has 0 unspecified atom stereocenters. The Morgan fingerprint density at radius 3 is 2.71 bits per heavy atom. The van der Waals surface area contributed by atoms with Gasteiger partial charge in [0, 0.05) is 22.5 Å². The second kappa shape index (κ2) is 11.0. The number of aromatic nitrogens is 5. The number of rotatable bonds is 8. The summed E-state index contributed by atoms with van der Waals surface area (Å²) in [6.45, 7) is 0.676. The van der Waals surface area contributed by atoms with E-state index in [0.717, 1.165) is 51.9 Å². The molecule has 256 valence electrons. The summed E-state index contributed by atoms with van der Waals surface area (Å²) in [7, 11) is 1.48. The summed E-state index contributed by atoms with van der Waals surface area (Å²) in [5, 5.41) is 10.9. The first-order chi connectivity index (χ1) is 24.8. The molecule has 3 aliphatic heterocycles. The molecule has 11 rings (SSSR count). The maximum atomic E-state index is 14.5. The minimum atomic E-state index is -0.727. The molecule has 2 N–H and O–H groups in total. The number of nitrogens with zero attached hydrogens (tertiary/aromatic N) is 5. The van der Waals surface area contributed by atoms with Crippen LogP contribution in [0.5, 0.6) is 5.75 Å². The fourth-order valence-corrected chi connectivity index (χ4v) is 9.83. The second-order valence-corrected chi connectivity index (χ2v) is 14.8. The number of carbonyl (C=O) groups excluding carboxylic acids is 1. The molecule has 14 heteroatoms. The van der Waals surface area contributed by atoms with Crippen molar-refractivity contribution in [3.05, 3.63) is 105 Å². The Balaban J connectivity index is 1.14. The van der Waals surface area contributed by atoms with Crippen LogP contribution >= 0.6 is 11.3 Å². The molecule has 3 fully saturated rings. The average Bonchev–Trinajstić information content (AvgIpc) is 3.96. The number of ether oxygens (including phenoxy) is 1. The number of halogens is 2. The number of hydrogen-bond donors (Lipinski definition) is 2. The van der Waals surface area contributed by atoms with Gasteiger partial charge in [-0.2, -0.15) is 0 Å². The van der Waals surface area contributed by atoms with E-state index in [1.807, 2.05) is 11.0 Å². The summed E-state index contributed by atoms with van der Waals surface area (Å²) in [6.07, 6.45) is 5.55. The number of aryl methyl sites for hydroxylation is 2. The Morgan fingerprint density at radius 2 is 1.92 bits per heavy atom. The van der Waals surface area contributed by atoms with Crippen LogP contribution in [0.1, 0.15) is 63.7 Å². The Kier molecular flexibility index (Phi) is 6.54. The van der Waals surface area contributed by atoms with Gasteiger partial charge in [-0.3, -0.25) is 9.78 Å². The molecule has 7 heterocycles. The molecule has 2 bridgehead atoms. The summed E-state index contributed by atoms with van der Waals surface area (Å²) in [5.41, 5.74) is 5.18. The smallest absolute Gasteiger partial charge is 0.434 e. The molecule has 1 saturated carbocycles. The first-order valence-electron chi connectivity index (χ1n) is 16.9. The lowest BCUT2D eigenvalue weighted by Gasteiger charge is -2.37. The third-order valence-electron chi connectivity index (χ3n) is 11.0. The lowest BCUT2D eigenvalue weighted by Crippen LogP contribution is -2.40. The number of benzene rings is 2. The number of anilines is 1. The summed E-state index contributed by atoms with van der Waals surface area (Å²) in [4.78, 5) is 44.6. The Labute approximate surface area is 292 Å². The zero-order valence-electron chi connectivity index (χ0n) is 27.3. The van der Waals surface area contributed by atoms with Gasteiger partial charge in [-0.1, -0.05) is 18.2 Å². The van der Waals surface area contributed by atoms with Crippen LogP contribution in [0.4, 0.5) is 14.6 Å². The van der Waals surface area contributed by atoms with Crippen molar-refractivity contribution in [3.8, 4) is 27.6 Å². The van der Waals surface area contributed by atoms with Crippen molar-refractivity contribution in [2.45, 2.75) is 50.1 Å². The van der Waals surface area contributed by atoms with Gasteiger partial charge in [0.2, 0.25) is 0 Å².